The van der Waals surface area contributed by atoms with Crippen LogP contribution < -0.4 is 5.32 Å². The van der Waals surface area contributed by atoms with Gasteiger partial charge in [-0.15, -0.1) is 0 Å². The van der Waals surface area contributed by atoms with E-state index in [-0.39, 0.29) is 0 Å². The molecule has 0 aromatic rings. The summed E-state index contributed by atoms with van der Waals surface area (Å²) in [6.45, 7) is 12.0. The minimum Gasteiger partial charge on any atom is -0.385 e. The van der Waals surface area contributed by atoms with E-state index in [9.17, 15) is 0 Å². The Balaban J connectivity index is 3.60. The first-order valence-electron chi connectivity index (χ1n) is 6.44. The van der Waals surface area contributed by atoms with E-state index in [0.717, 1.165) is 38.5 Å². The Morgan fingerprint density at radius 1 is 1.31 bits per heavy atom. The van der Waals surface area contributed by atoms with Crippen molar-refractivity contribution in [2.45, 2.75) is 40.5 Å². The van der Waals surface area contributed by atoms with Gasteiger partial charge in [0.15, 0.2) is 0 Å². The molecule has 0 bridgehead atoms. The molecule has 0 rings (SSSR count). The van der Waals surface area contributed by atoms with Gasteiger partial charge >= 0.3 is 0 Å². The fourth-order valence-electron chi connectivity index (χ4n) is 1.52. The summed E-state index contributed by atoms with van der Waals surface area (Å²) >= 11 is 0. The number of ether oxygens (including phenoxy) is 1. The summed E-state index contributed by atoms with van der Waals surface area (Å²) in [6.07, 6.45) is 4.61. The number of hydrogen-bond acceptors (Lipinski definition) is 2. The van der Waals surface area contributed by atoms with Crippen LogP contribution in [0, 0.1) is 11.8 Å². The molecule has 0 spiro atoms. The summed E-state index contributed by atoms with van der Waals surface area (Å²) in [5.74, 6) is 1.38. The van der Waals surface area contributed by atoms with Crippen LogP contribution in [0.1, 0.15) is 40.5 Å². The lowest BCUT2D eigenvalue weighted by Gasteiger charge is -2.12. The zero-order valence-corrected chi connectivity index (χ0v) is 11.7. The van der Waals surface area contributed by atoms with Gasteiger partial charge in [0.1, 0.15) is 0 Å². The van der Waals surface area contributed by atoms with Crippen molar-refractivity contribution in [2.75, 3.05) is 26.8 Å². The molecule has 0 fully saturated rings. The second-order valence-corrected chi connectivity index (χ2v) is 5.02. The predicted octanol–water partition coefficient (Wildman–Crippen LogP) is 3.24. The Hall–Kier alpha value is -0.340. The van der Waals surface area contributed by atoms with E-state index < -0.39 is 0 Å². The van der Waals surface area contributed by atoms with E-state index >= 15 is 0 Å². The molecule has 1 unspecified atom stereocenters. The Kier molecular flexibility index (Phi) is 9.65. The summed E-state index contributed by atoms with van der Waals surface area (Å²) < 4.78 is 5.09. The third-order valence-electron chi connectivity index (χ3n) is 2.87. The molecule has 96 valence electrons. The topological polar surface area (TPSA) is 21.3 Å². The van der Waals surface area contributed by atoms with Gasteiger partial charge in [0.05, 0.1) is 0 Å². The molecule has 0 aliphatic heterocycles. The quantitative estimate of drug-likeness (QED) is 0.482. The molecule has 2 heteroatoms. The number of hydrogen-bond donors (Lipinski definition) is 1. The summed E-state index contributed by atoms with van der Waals surface area (Å²) in [5, 5.41) is 3.45. The smallest absolute Gasteiger partial charge is 0.0467 e. The van der Waals surface area contributed by atoms with Crippen molar-refractivity contribution in [3.8, 4) is 0 Å². The minimum absolute atomic E-state index is 0.644. The largest absolute Gasteiger partial charge is 0.385 e. The average molecular weight is 227 g/mol. The van der Waals surface area contributed by atoms with Gasteiger partial charge in [-0.1, -0.05) is 32.4 Å². The van der Waals surface area contributed by atoms with Crippen molar-refractivity contribution < 1.29 is 4.74 Å². The van der Waals surface area contributed by atoms with Gasteiger partial charge in [0.2, 0.25) is 0 Å². The number of allylic oxidation sites excluding steroid dienone is 1. The van der Waals surface area contributed by atoms with Crippen LogP contribution in [0.5, 0.6) is 0 Å². The van der Waals surface area contributed by atoms with E-state index in [2.05, 4.69) is 39.1 Å². The van der Waals surface area contributed by atoms with Gasteiger partial charge in [-0.3, -0.25) is 0 Å². The highest BCUT2D eigenvalue weighted by molar-refractivity contribution is 5.02. The fraction of sp³-hybridized carbons (Fsp3) is 0.857. The Bertz CT molecular complexity index is 187. The molecule has 0 saturated heterocycles. The molecule has 0 heterocycles. The van der Waals surface area contributed by atoms with Gasteiger partial charge in [-0.25, -0.2) is 0 Å². The molecule has 16 heavy (non-hydrogen) atoms. The third kappa shape index (κ3) is 8.93. The van der Waals surface area contributed by atoms with Crippen LogP contribution in [0.2, 0.25) is 0 Å². The highest BCUT2D eigenvalue weighted by atomic mass is 16.5. The standard InChI is InChI=1S/C14H29NO/c1-12(2)11-15-9-6-7-13(3)14(4)8-10-16-5/h7,12,14-15H,6,8-11H2,1-5H3. The van der Waals surface area contributed by atoms with E-state index in [0.29, 0.717) is 5.92 Å². The van der Waals surface area contributed by atoms with Gasteiger partial charge in [-0.2, -0.15) is 0 Å². The van der Waals surface area contributed by atoms with Gasteiger partial charge in [0, 0.05) is 13.7 Å². The Morgan fingerprint density at radius 3 is 2.56 bits per heavy atom. The molecular weight excluding hydrogens is 198 g/mol. The summed E-state index contributed by atoms with van der Waals surface area (Å²) in [6, 6.07) is 0. The molecule has 0 amide bonds. The van der Waals surface area contributed by atoms with Crippen LogP contribution in [-0.2, 0) is 4.74 Å². The maximum Gasteiger partial charge on any atom is 0.0467 e. The Labute approximate surface area is 101 Å². The van der Waals surface area contributed by atoms with E-state index in [1.807, 2.05) is 0 Å². The first-order valence-corrected chi connectivity index (χ1v) is 6.44. The van der Waals surface area contributed by atoms with Crippen LogP contribution in [-0.4, -0.2) is 26.8 Å². The lowest BCUT2D eigenvalue weighted by molar-refractivity contribution is 0.185. The molecule has 1 atom stereocenters. The molecule has 0 radical (unpaired) electrons. The van der Waals surface area contributed by atoms with E-state index in [1.54, 1.807) is 7.11 Å². The summed E-state index contributed by atoms with van der Waals surface area (Å²) in [5.41, 5.74) is 1.49. The molecule has 0 saturated carbocycles. The van der Waals surface area contributed by atoms with Crippen LogP contribution >= 0.6 is 0 Å². The van der Waals surface area contributed by atoms with Gasteiger partial charge in [0.25, 0.3) is 0 Å². The van der Waals surface area contributed by atoms with Crippen molar-refractivity contribution in [1.29, 1.82) is 0 Å². The van der Waals surface area contributed by atoms with Crippen molar-refractivity contribution in [3.05, 3.63) is 11.6 Å². The lowest BCUT2D eigenvalue weighted by atomic mass is 9.98. The zero-order chi connectivity index (χ0) is 12.4. The van der Waals surface area contributed by atoms with Crippen molar-refractivity contribution in [2.24, 2.45) is 11.8 Å². The highest BCUT2D eigenvalue weighted by Crippen LogP contribution is 2.14. The van der Waals surface area contributed by atoms with Crippen LogP contribution in [0.4, 0.5) is 0 Å². The average Bonchev–Trinajstić information content (AvgIpc) is 2.24. The normalized spacial score (nSPS) is 14.5. The van der Waals surface area contributed by atoms with E-state index in [1.165, 1.54) is 5.57 Å². The molecule has 1 N–H and O–H groups in total. The van der Waals surface area contributed by atoms with Gasteiger partial charge in [-0.05, 0) is 44.7 Å². The molecule has 0 aromatic carbocycles. The summed E-state index contributed by atoms with van der Waals surface area (Å²) in [4.78, 5) is 0. The number of nitrogens with one attached hydrogen (secondary N) is 1. The molecule has 2 nitrogen and oxygen atoms in total. The molecule has 0 aliphatic carbocycles. The van der Waals surface area contributed by atoms with Crippen LogP contribution in [0.3, 0.4) is 0 Å². The first-order chi connectivity index (χ1) is 7.57. The van der Waals surface area contributed by atoms with Crippen molar-refractivity contribution in [1.82, 2.24) is 5.32 Å². The predicted molar refractivity (Wildman–Crippen MR) is 71.7 cm³/mol. The second-order valence-electron chi connectivity index (χ2n) is 5.02. The van der Waals surface area contributed by atoms with Crippen LogP contribution in [0.25, 0.3) is 0 Å². The second kappa shape index (κ2) is 9.86. The monoisotopic (exact) mass is 227 g/mol. The number of methoxy groups -OCH3 is 1. The highest BCUT2D eigenvalue weighted by Gasteiger charge is 2.02. The molecule has 0 aliphatic rings. The SMILES string of the molecule is COCCC(C)C(C)=CCCNCC(C)C. The summed E-state index contributed by atoms with van der Waals surface area (Å²) in [7, 11) is 1.77. The first kappa shape index (κ1) is 15.7. The molecule has 0 aromatic heterocycles. The van der Waals surface area contributed by atoms with Crippen molar-refractivity contribution >= 4 is 0 Å². The Morgan fingerprint density at radius 2 is 2.00 bits per heavy atom. The van der Waals surface area contributed by atoms with Gasteiger partial charge < -0.3 is 10.1 Å². The van der Waals surface area contributed by atoms with Crippen LogP contribution in [0.15, 0.2) is 11.6 Å². The minimum atomic E-state index is 0.644. The molecular formula is C14H29NO. The maximum atomic E-state index is 5.09. The number of rotatable bonds is 9. The fourth-order valence-corrected chi connectivity index (χ4v) is 1.52. The lowest BCUT2D eigenvalue weighted by Crippen LogP contribution is -2.20. The van der Waals surface area contributed by atoms with E-state index in [4.69, 9.17) is 4.74 Å². The maximum absolute atomic E-state index is 5.09. The third-order valence-corrected chi connectivity index (χ3v) is 2.87. The zero-order valence-electron chi connectivity index (χ0n) is 11.7. The van der Waals surface area contributed by atoms with Crippen molar-refractivity contribution in [3.63, 3.8) is 0 Å².